The smallest absolute Gasteiger partial charge is 0.358 e. The van der Waals surface area contributed by atoms with E-state index in [-0.39, 0.29) is 16.6 Å². The van der Waals surface area contributed by atoms with Crippen LogP contribution in [0.15, 0.2) is 35.8 Å². The molecule has 3 aromatic rings. The molecule has 0 unspecified atom stereocenters. The molecular formula is C19H22N6O3S. The van der Waals surface area contributed by atoms with Gasteiger partial charge in [0.05, 0.1) is 6.54 Å². The van der Waals surface area contributed by atoms with Crippen molar-refractivity contribution in [1.82, 2.24) is 14.3 Å². The molecule has 1 aliphatic heterocycles. The molecule has 0 spiro atoms. The van der Waals surface area contributed by atoms with E-state index in [1.54, 1.807) is 11.6 Å². The van der Waals surface area contributed by atoms with Crippen LogP contribution >= 0.6 is 11.3 Å². The number of fused-ring (bicyclic) bond motifs is 1. The van der Waals surface area contributed by atoms with Crippen LogP contribution in [0.3, 0.4) is 0 Å². The fraction of sp³-hybridized carbons (Fsp3) is 0.368. The number of amides is 1. The molecule has 1 aromatic carbocycles. The number of nitrogens with zero attached hydrogens (tertiary/aromatic N) is 5. The number of thiazole rings is 1. The Hall–Kier alpha value is -2.98. The zero-order valence-electron chi connectivity index (χ0n) is 16.1. The van der Waals surface area contributed by atoms with Gasteiger partial charge in [-0.1, -0.05) is 36.5 Å². The first-order valence-electron chi connectivity index (χ1n) is 9.51. The SMILES string of the molecule is CCc1ccccc1NC(=O)CN1CCN(c2nc3sccn3c2[N+](=O)[O-])CC1. The van der Waals surface area contributed by atoms with Crippen LogP contribution in [0.4, 0.5) is 17.3 Å². The van der Waals surface area contributed by atoms with Crippen LogP contribution in [-0.2, 0) is 11.2 Å². The third-order valence-electron chi connectivity index (χ3n) is 5.10. The first-order chi connectivity index (χ1) is 14.1. The van der Waals surface area contributed by atoms with Gasteiger partial charge in [-0.15, -0.1) is 0 Å². The maximum absolute atomic E-state index is 12.5. The molecule has 1 N–H and O–H groups in total. The summed E-state index contributed by atoms with van der Waals surface area (Å²) in [5.41, 5.74) is 1.96. The molecule has 29 heavy (non-hydrogen) atoms. The number of anilines is 2. The van der Waals surface area contributed by atoms with Crippen LogP contribution in [0.2, 0.25) is 0 Å². The van der Waals surface area contributed by atoms with E-state index in [2.05, 4.69) is 22.1 Å². The second kappa shape index (κ2) is 8.18. The minimum Gasteiger partial charge on any atom is -0.358 e. The Bertz CT molecular complexity index is 1040. The minimum absolute atomic E-state index is 0.00335. The Morgan fingerprint density at radius 3 is 2.76 bits per heavy atom. The second-order valence-electron chi connectivity index (χ2n) is 6.89. The number of imidazole rings is 1. The maximum Gasteiger partial charge on any atom is 0.373 e. The van der Waals surface area contributed by atoms with Gasteiger partial charge in [0.1, 0.15) is 6.20 Å². The fourth-order valence-corrected chi connectivity index (χ4v) is 4.31. The molecule has 0 radical (unpaired) electrons. The van der Waals surface area contributed by atoms with Gasteiger partial charge in [-0.05, 0) is 23.0 Å². The summed E-state index contributed by atoms with van der Waals surface area (Å²) in [6.45, 7) is 4.82. The number of hydrogen-bond donors (Lipinski definition) is 1. The van der Waals surface area contributed by atoms with E-state index >= 15 is 0 Å². The lowest BCUT2D eigenvalue weighted by molar-refractivity contribution is -0.389. The third kappa shape index (κ3) is 3.94. The monoisotopic (exact) mass is 414 g/mol. The Balaban J connectivity index is 1.37. The molecule has 4 rings (SSSR count). The molecule has 1 fully saturated rings. The van der Waals surface area contributed by atoms with Crippen molar-refractivity contribution in [3.63, 3.8) is 0 Å². The predicted molar refractivity (Wildman–Crippen MR) is 113 cm³/mol. The molecule has 0 bridgehead atoms. The number of nitro groups is 1. The first-order valence-corrected chi connectivity index (χ1v) is 10.4. The molecule has 3 heterocycles. The molecule has 0 atom stereocenters. The van der Waals surface area contributed by atoms with Crippen molar-refractivity contribution in [2.24, 2.45) is 0 Å². The lowest BCUT2D eigenvalue weighted by Crippen LogP contribution is -2.49. The molecule has 9 nitrogen and oxygen atoms in total. The van der Waals surface area contributed by atoms with E-state index in [0.29, 0.717) is 43.5 Å². The van der Waals surface area contributed by atoms with Gasteiger partial charge in [0, 0.05) is 37.2 Å². The fourth-order valence-electron chi connectivity index (χ4n) is 3.61. The Morgan fingerprint density at radius 1 is 1.28 bits per heavy atom. The summed E-state index contributed by atoms with van der Waals surface area (Å²) in [6.07, 6.45) is 2.53. The normalized spacial score (nSPS) is 15.0. The minimum atomic E-state index is -0.382. The molecule has 152 valence electrons. The van der Waals surface area contributed by atoms with Gasteiger partial charge in [-0.25, -0.2) is 0 Å². The van der Waals surface area contributed by atoms with Gasteiger partial charge < -0.3 is 20.3 Å². The second-order valence-corrected chi connectivity index (χ2v) is 7.77. The standard InChI is InChI=1S/C19H22N6O3S/c1-2-14-5-3-4-6-15(14)20-16(26)13-22-7-9-23(10-8-22)17-18(25(27)28)24-11-12-29-19(24)21-17/h3-6,11-12H,2,7-10,13H2,1H3,(H,20,26). The van der Waals surface area contributed by atoms with Crippen LogP contribution in [-0.4, -0.2) is 57.8 Å². The van der Waals surface area contributed by atoms with Gasteiger partial charge in [0.15, 0.2) is 0 Å². The maximum atomic E-state index is 12.5. The molecule has 2 aromatic heterocycles. The zero-order chi connectivity index (χ0) is 20.4. The van der Waals surface area contributed by atoms with Crippen molar-refractivity contribution in [2.75, 3.05) is 42.9 Å². The molecule has 10 heteroatoms. The van der Waals surface area contributed by atoms with Crippen molar-refractivity contribution in [3.05, 3.63) is 51.5 Å². The largest absolute Gasteiger partial charge is 0.373 e. The highest BCUT2D eigenvalue weighted by Gasteiger charge is 2.30. The van der Waals surface area contributed by atoms with Gasteiger partial charge in [-0.2, -0.15) is 9.38 Å². The van der Waals surface area contributed by atoms with Crippen LogP contribution in [0, 0.1) is 10.1 Å². The molecule has 1 aliphatic rings. The number of rotatable bonds is 6. The summed E-state index contributed by atoms with van der Waals surface area (Å²) in [7, 11) is 0. The van der Waals surface area contributed by atoms with Gasteiger partial charge in [0.25, 0.3) is 4.96 Å². The molecule has 1 amide bonds. The van der Waals surface area contributed by atoms with E-state index in [1.807, 2.05) is 29.2 Å². The topological polar surface area (TPSA) is 96.0 Å². The summed E-state index contributed by atoms with van der Waals surface area (Å²) in [6, 6.07) is 7.80. The third-order valence-corrected chi connectivity index (χ3v) is 5.86. The average molecular weight is 414 g/mol. The van der Waals surface area contributed by atoms with Gasteiger partial charge in [-0.3, -0.25) is 9.69 Å². The van der Waals surface area contributed by atoms with Crippen molar-refractivity contribution in [3.8, 4) is 0 Å². The summed E-state index contributed by atoms with van der Waals surface area (Å²) < 4.78 is 1.52. The molecular weight excluding hydrogens is 392 g/mol. The number of hydrogen-bond acceptors (Lipinski definition) is 7. The summed E-state index contributed by atoms with van der Waals surface area (Å²) in [4.78, 5) is 32.7. The zero-order valence-corrected chi connectivity index (χ0v) is 16.9. The number of piperazine rings is 1. The number of carbonyl (C=O) groups is 1. The van der Waals surface area contributed by atoms with E-state index in [9.17, 15) is 14.9 Å². The van der Waals surface area contributed by atoms with Crippen molar-refractivity contribution in [2.45, 2.75) is 13.3 Å². The summed E-state index contributed by atoms with van der Waals surface area (Å²) in [5.74, 6) is 0.360. The van der Waals surface area contributed by atoms with E-state index in [1.165, 1.54) is 15.7 Å². The number of nitrogens with one attached hydrogen (secondary N) is 1. The summed E-state index contributed by atoms with van der Waals surface area (Å²) in [5, 5.41) is 16.3. The Kier molecular flexibility index (Phi) is 5.45. The van der Waals surface area contributed by atoms with E-state index < -0.39 is 0 Å². The van der Waals surface area contributed by atoms with Crippen LogP contribution in [0.5, 0.6) is 0 Å². The number of benzene rings is 1. The van der Waals surface area contributed by atoms with Crippen LogP contribution in [0.25, 0.3) is 4.96 Å². The Labute approximate surface area is 171 Å². The number of carbonyl (C=O) groups excluding carboxylic acids is 1. The van der Waals surface area contributed by atoms with Crippen molar-refractivity contribution < 1.29 is 9.72 Å². The van der Waals surface area contributed by atoms with Crippen LogP contribution in [0.1, 0.15) is 12.5 Å². The first kappa shape index (κ1) is 19.3. The lowest BCUT2D eigenvalue weighted by atomic mass is 10.1. The average Bonchev–Trinajstić information content (AvgIpc) is 3.30. The number of aromatic nitrogens is 2. The lowest BCUT2D eigenvalue weighted by Gasteiger charge is -2.34. The highest BCUT2D eigenvalue weighted by molar-refractivity contribution is 7.15. The van der Waals surface area contributed by atoms with Gasteiger partial charge >= 0.3 is 5.82 Å². The predicted octanol–water partition coefficient (Wildman–Crippen LogP) is 2.63. The van der Waals surface area contributed by atoms with E-state index in [0.717, 1.165) is 17.7 Å². The number of para-hydroxylation sites is 1. The van der Waals surface area contributed by atoms with Crippen LogP contribution < -0.4 is 10.2 Å². The Morgan fingerprint density at radius 2 is 2.03 bits per heavy atom. The van der Waals surface area contributed by atoms with Crippen molar-refractivity contribution in [1.29, 1.82) is 0 Å². The highest BCUT2D eigenvalue weighted by Crippen LogP contribution is 2.31. The quantitative estimate of drug-likeness (QED) is 0.492. The summed E-state index contributed by atoms with van der Waals surface area (Å²) >= 11 is 1.37. The van der Waals surface area contributed by atoms with Crippen molar-refractivity contribution >= 4 is 39.5 Å². The van der Waals surface area contributed by atoms with Gasteiger partial charge in [0.2, 0.25) is 11.7 Å². The van der Waals surface area contributed by atoms with E-state index in [4.69, 9.17) is 0 Å². The number of aryl methyl sites for hydroxylation is 1. The highest BCUT2D eigenvalue weighted by atomic mass is 32.1. The molecule has 0 saturated carbocycles. The molecule has 0 aliphatic carbocycles. The molecule has 1 saturated heterocycles.